The summed E-state index contributed by atoms with van der Waals surface area (Å²) in [6.45, 7) is 1.18. The predicted octanol–water partition coefficient (Wildman–Crippen LogP) is 1.85. The van der Waals surface area contributed by atoms with Gasteiger partial charge >= 0.3 is 5.97 Å². The van der Waals surface area contributed by atoms with Crippen molar-refractivity contribution < 1.29 is 24.2 Å². The minimum Gasteiger partial charge on any atom is -0.506 e. The number of nitrogens with two attached hydrogens (primary N) is 1. The number of amides is 2. The van der Waals surface area contributed by atoms with Gasteiger partial charge in [0.1, 0.15) is 24.0 Å². The molecule has 1 aliphatic carbocycles. The van der Waals surface area contributed by atoms with Gasteiger partial charge in [0.05, 0.1) is 28.3 Å². The Bertz CT molecular complexity index is 1430. The monoisotopic (exact) mass is 515 g/mol. The molecular weight excluding hydrogens is 490 g/mol. The fourth-order valence-electron chi connectivity index (χ4n) is 4.57. The highest BCUT2D eigenvalue weighted by Crippen LogP contribution is 2.36. The Balaban J connectivity index is 1.72. The summed E-state index contributed by atoms with van der Waals surface area (Å²) < 4.78 is 8.19. The Hall–Kier alpha value is -3.86. The maximum absolute atomic E-state index is 13.0. The molecule has 1 unspecified atom stereocenters. The first-order valence-corrected chi connectivity index (χ1v) is 11.8. The van der Waals surface area contributed by atoms with E-state index in [9.17, 15) is 24.3 Å². The summed E-state index contributed by atoms with van der Waals surface area (Å²) >= 11 is 6.12. The molecule has 1 fully saturated rings. The Morgan fingerprint density at radius 1 is 1.28 bits per heavy atom. The zero-order valence-corrected chi connectivity index (χ0v) is 20.5. The van der Waals surface area contributed by atoms with Crippen LogP contribution in [0.5, 0.6) is 5.75 Å². The topological polar surface area (TPSA) is 159 Å². The molecule has 2 aromatic heterocycles. The Morgan fingerprint density at radius 3 is 2.69 bits per heavy atom. The van der Waals surface area contributed by atoms with Crippen molar-refractivity contribution in [2.75, 3.05) is 0 Å². The number of aromatic hydroxyl groups is 1. The molecule has 0 spiro atoms. The fourth-order valence-corrected chi connectivity index (χ4v) is 4.79. The van der Waals surface area contributed by atoms with Gasteiger partial charge in [0.2, 0.25) is 5.91 Å². The quantitative estimate of drug-likeness (QED) is 0.422. The summed E-state index contributed by atoms with van der Waals surface area (Å²) in [5.41, 5.74) is 5.77. The van der Waals surface area contributed by atoms with Crippen LogP contribution in [0, 0.1) is 0 Å². The van der Waals surface area contributed by atoms with Crippen LogP contribution in [0.25, 0.3) is 22.2 Å². The Labute approximate surface area is 210 Å². The van der Waals surface area contributed by atoms with Crippen LogP contribution in [0.4, 0.5) is 0 Å². The third-order valence-corrected chi connectivity index (χ3v) is 6.55. The van der Waals surface area contributed by atoms with Crippen molar-refractivity contribution in [1.82, 2.24) is 19.4 Å². The van der Waals surface area contributed by atoms with Crippen LogP contribution in [-0.4, -0.2) is 49.2 Å². The van der Waals surface area contributed by atoms with E-state index < -0.39 is 23.7 Å². The lowest BCUT2D eigenvalue weighted by Gasteiger charge is -2.31. The molecule has 4 N–H and O–H groups in total. The molecule has 190 valence electrons. The molecule has 0 aliphatic heterocycles. The third-order valence-electron chi connectivity index (χ3n) is 6.26. The highest BCUT2D eigenvalue weighted by atomic mass is 35.5. The van der Waals surface area contributed by atoms with E-state index in [0.29, 0.717) is 24.0 Å². The number of hydrogen-bond acceptors (Lipinski definition) is 7. The van der Waals surface area contributed by atoms with Gasteiger partial charge in [-0.2, -0.15) is 0 Å². The van der Waals surface area contributed by atoms with E-state index in [-0.39, 0.29) is 45.7 Å². The van der Waals surface area contributed by atoms with E-state index in [2.05, 4.69) is 10.3 Å². The Kier molecular flexibility index (Phi) is 7.02. The molecule has 2 heterocycles. The van der Waals surface area contributed by atoms with Crippen LogP contribution in [-0.2, 0) is 27.9 Å². The summed E-state index contributed by atoms with van der Waals surface area (Å²) in [7, 11) is 1.54. The molecular formula is C24H26ClN5O6. The normalized spacial score (nSPS) is 17.6. The second-order valence-corrected chi connectivity index (χ2v) is 9.26. The van der Waals surface area contributed by atoms with Crippen molar-refractivity contribution in [2.24, 2.45) is 12.8 Å². The molecule has 36 heavy (non-hydrogen) atoms. The summed E-state index contributed by atoms with van der Waals surface area (Å²) in [6, 6.07) is 2.42. The van der Waals surface area contributed by atoms with E-state index in [1.807, 2.05) is 0 Å². The van der Waals surface area contributed by atoms with E-state index >= 15 is 0 Å². The molecule has 1 aromatic carbocycles. The van der Waals surface area contributed by atoms with Gasteiger partial charge in [-0.15, -0.1) is 0 Å². The van der Waals surface area contributed by atoms with Gasteiger partial charge in [-0.25, -0.2) is 4.98 Å². The van der Waals surface area contributed by atoms with E-state index in [1.54, 1.807) is 13.2 Å². The Morgan fingerprint density at radius 2 is 2.00 bits per heavy atom. The average Bonchev–Trinajstić information content (AvgIpc) is 3.17. The van der Waals surface area contributed by atoms with Crippen molar-refractivity contribution in [2.45, 2.75) is 51.3 Å². The summed E-state index contributed by atoms with van der Waals surface area (Å²) in [5, 5.41) is 13.1. The van der Waals surface area contributed by atoms with Crippen LogP contribution in [0.3, 0.4) is 0 Å². The van der Waals surface area contributed by atoms with Crippen LogP contribution in [0.2, 0.25) is 5.02 Å². The van der Waals surface area contributed by atoms with Crippen molar-refractivity contribution >= 4 is 40.4 Å². The van der Waals surface area contributed by atoms with Gasteiger partial charge in [-0.1, -0.05) is 18.0 Å². The molecule has 0 bridgehead atoms. The average molecular weight is 516 g/mol. The maximum Gasteiger partial charge on any atom is 0.302 e. The molecule has 11 nitrogen and oxygen atoms in total. The lowest BCUT2D eigenvalue weighted by Crippen LogP contribution is -2.47. The smallest absolute Gasteiger partial charge is 0.302 e. The number of aryl methyl sites for hydroxylation is 1. The summed E-state index contributed by atoms with van der Waals surface area (Å²) in [5.74, 6) is -2.09. The van der Waals surface area contributed by atoms with Gasteiger partial charge in [-0.3, -0.25) is 19.2 Å². The lowest BCUT2D eigenvalue weighted by molar-refractivity contribution is -0.150. The molecule has 1 aliphatic rings. The van der Waals surface area contributed by atoms with Crippen molar-refractivity contribution in [1.29, 1.82) is 0 Å². The number of carbonyl (C=O) groups excluding carboxylic acids is 3. The summed E-state index contributed by atoms with van der Waals surface area (Å²) in [4.78, 5) is 53.6. The van der Waals surface area contributed by atoms with E-state index in [4.69, 9.17) is 22.1 Å². The molecule has 2 atom stereocenters. The number of rotatable bonds is 6. The molecule has 2 amide bonds. The molecule has 0 radical (unpaired) electrons. The standard InChI is InChI=1S/C24H26ClN5O6/c1-12(31)36-18-6-4-3-5-17(18)28-19(32)10-30-9-15(20-23(30)27-11-29(2)24(20)35)13-7-14(22(26)34)21(33)16(25)8-13/h7-9,11,17-18,33H,3-6,10H2,1-2H3,(H2,26,34)(H,28,32)/t17?,18-/m1/s1. The zero-order chi connectivity index (χ0) is 26.1. The number of hydrogen-bond donors (Lipinski definition) is 3. The molecule has 1 saturated carbocycles. The number of primary amides is 1. The lowest BCUT2D eigenvalue weighted by atomic mass is 9.92. The number of aromatic nitrogens is 3. The largest absolute Gasteiger partial charge is 0.506 e. The van der Waals surface area contributed by atoms with E-state index in [1.165, 1.54) is 34.5 Å². The summed E-state index contributed by atoms with van der Waals surface area (Å²) in [6.07, 6.45) is 5.68. The van der Waals surface area contributed by atoms with Crippen LogP contribution in [0.15, 0.2) is 29.5 Å². The molecule has 4 rings (SSSR count). The first-order chi connectivity index (χ1) is 17.1. The minimum absolute atomic E-state index is 0.116. The highest BCUT2D eigenvalue weighted by Gasteiger charge is 2.29. The van der Waals surface area contributed by atoms with Crippen molar-refractivity contribution in [3.05, 3.63) is 45.6 Å². The number of ether oxygens (including phenoxy) is 1. The van der Waals surface area contributed by atoms with Crippen LogP contribution < -0.4 is 16.6 Å². The second-order valence-electron chi connectivity index (χ2n) is 8.85. The molecule has 0 saturated heterocycles. The minimum atomic E-state index is -0.889. The van der Waals surface area contributed by atoms with Gasteiger partial charge in [0.15, 0.2) is 0 Å². The second kappa shape index (κ2) is 10.0. The maximum atomic E-state index is 13.0. The highest BCUT2D eigenvalue weighted by molar-refractivity contribution is 6.33. The van der Waals surface area contributed by atoms with Crippen LogP contribution in [0.1, 0.15) is 43.0 Å². The first-order valence-electron chi connectivity index (χ1n) is 11.4. The zero-order valence-electron chi connectivity index (χ0n) is 19.8. The number of nitrogens with one attached hydrogen (secondary N) is 1. The van der Waals surface area contributed by atoms with Crippen molar-refractivity contribution in [3.8, 4) is 16.9 Å². The number of benzene rings is 1. The number of phenols is 1. The fraction of sp³-hybridized carbons (Fsp3) is 0.375. The third kappa shape index (κ3) is 4.92. The number of carbonyl (C=O) groups is 3. The number of halogens is 1. The van der Waals surface area contributed by atoms with Gasteiger partial charge in [0.25, 0.3) is 11.5 Å². The first kappa shape index (κ1) is 25.2. The number of fused-ring (bicyclic) bond motifs is 1. The van der Waals surface area contributed by atoms with Gasteiger partial charge in [0, 0.05) is 25.7 Å². The molecule has 12 heteroatoms. The SMILES string of the molecule is CC(=O)O[C@@H]1CCCCC1NC(=O)Cn1cc(-c2cc(Cl)c(O)c(C(N)=O)c2)c2c(=O)n(C)cnc21. The van der Waals surface area contributed by atoms with Gasteiger partial charge < -0.3 is 30.0 Å². The number of nitrogens with zero attached hydrogens (tertiary/aromatic N) is 3. The molecule has 3 aromatic rings. The van der Waals surface area contributed by atoms with E-state index in [0.717, 1.165) is 12.8 Å². The van der Waals surface area contributed by atoms with Gasteiger partial charge in [-0.05, 0) is 37.0 Å². The number of esters is 1. The van der Waals surface area contributed by atoms with Crippen molar-refractivity contribution in [3.63, 3.8) is 0 Å². The van der Waals surface area contributed by atoms with Crippen LogP contribution >= 0.6 is 11.6 Å². The predicted molar refractivity (Wildman–Crippen MR) is 132 cm³/mol.